The average molecular weight is 491 g/mol. The van der Waals surface area contributed by atoms with Gasteiger partial charge in [-0.15, -0.1) is 0 Å². The van der Waals surface area contributed by atoms with Crippen molar-refractivity contribution in [2.75, 3.05) is 10.6 Å². The predicted octanol–water partition coefficient (Wildman–Crippen LogP) is 6.50. The van der Waals surface area contributed by atoms with Crippen LogP contribution in [0.25, 0.3) is 11.3 Å². The summed E-state index contributed by atoms with van der Waals surface area (Å²) in [7, 11) is 0. The van der Waals surface area contributed by atoms with Gasteiger partial charge in [-0.2, -0.15) is 4.98 Å². The van der Waals surface area contributed by atoms with Gasteiger partial charge in [0.15, 0.2) is 0 Å². The van der Waals surface area contributed by atoms with Crippen molar-refractivity contribution in [3.8, 4) is 11.3 Å². The lowest BCUT2D eigenvalue weighted by molar-refractivity contribution is 0.744. The zero-order chi connectivity index (χ0) is 18.6. The zero-order valence-electron chi connectivity index (χ0n) is 14.8. The highest BCUT2D eigenvalue weighted by molar-refractivity contribution is 14.1. The van der Waals surface area contributed by atoms with Crippen LogP contribution >= 0.6 is 34.2 Å². The summed E-state index contributed by atoms with van der Waals surface area (Å²) in [4.78, 5) is 9.44. The van der Waals surface area contributed by atoms with Crippen molar-refractivity contribution in [1.29, 1.82) is 0 Å². The topological polar surface area (TPSA) is 49.8 Å². The summed E-state index contributed by atoms with van der Waals surface area (Å²) in [5.41, 5.74) is 2.78. The highest BCUT2D eigenvalue weighted by Gasteiger charge is 2.17. The van der Waals surface area contributed by atoms with Crippen molar-refractivity contribution in [3.05, 3.63) is 63.2 Å². The molecular formula is C21H20ClIN4. The highest BCUT2D eigenvalue weighted by Crippen LogP contribution is 2.29. The molecule has 2 N–H and O–H groups in total. The molecule has 0 unspecified atom stereocenters. The molecule has 1 aliphatic carbocycles. The Labute approximate surface area is 177 Å². The van der Waals surface area contributed by atoms with Crippen molar-refractivity contribution in [2.24, 2.45) is 0 Å². The molecule has 0 saturated heterocycles. The normalized spacial score (nSPS) is 14.3. The number of nitrogens with one attached hydrogen (secondary N) is 2. The zero-order valence-corrected chi connectivity index (χ0v) is 17.7. The van der Waals surface area contributed by atoms with Crippen LogP contribution in [0.5, 0.6) is 0 Å². The van der Waals surface area contributed by atoms with Gasteiger partial charge in [-0.3, -0.25) is 0 Å². The van der Waals surface area contributed by atoms with Gasteiger partial charge in [0.25, 0.3) is 0 Å². The second kappa shape index (κ2) is 8.44. The van der Waals surface area contributed by atoms with Gasteiger partial charge in [0.2, 0.25) is 5.95 Å². The summed E-state index contributed by atoms with van der Waals surface area (Å²) in [6.07, 6.45) is 4.87. The third kappa shape index (κ3) is 4.71. The first-order valence-electron chi connectivity index (χ1n) is 9.10. The Hall–Kier alpha value is -1.86. The lowest BCUT2D eigenvalue weighted by atomic mass is 10.1. The number of anilines is 3. The van der Waals surface area contributed by atoms with Gasteiger partial charge in [-0.05, 0) is 53.6 Å². The minimum absolute atomic E-state index is 0.450. The van der Waals surface area contributed by atoms with E-state index in [9.17, 15) is 0 Å². The van der Waals surface area contributed by atoms with Crippen LogP contribution < -0.4 is 10.6 Å². The van der Waals surface area contributed by atoms with Crippen LogP contribution in [-0.2, 0) is 0 Å². The molecule has 4 nitrogen and oxygen atoms in total. The first-order valence-corrected chi connectivity index (χ1v) is 10.6. The molecule has 1 aromatic heterocycles. The molecule has 2 aromatic carbocycles. The van der Waals surface area contributed by atoms with E-state index in [0.717, 1.165) is 26.3 Å². The van der Waals surface area contributed by atoms with E-state index in [1.165, 1.54) is 25.7 Å². The molecule has 27 heavy (non-hydrogen) atoms. The number of nitrogens with zero attached hydrogens (tertiary/aromatic N) is 2. The van der Waals surface area contributed by atoms with Crippen LogP contribution in [-0.4, -0.2) is 16.0 Å². The van der Waals surface area contributed by atoms with E-state index in [1.807, 2.05) is 42.5 Å². The van der Waals surface area contributed by atoms with Crippen molar-refractivity contribution in [3.63, 3.8) is 0 Å². The quantitative estimate of drug-likeness (QED) is 0.401. The molecule has 0 amide bonds. The number of benzene rings is 2. The number of aromatic nitrogens is 2. The fourth-order valence-electron chi connectivity index (χ4n) is 3.31. The first-order chi connectivity index (χ1) is 13.2. The second-order valence-corrected chi connectivity index (χ2v) is 8.36. The van der Waals surface area contributed by atoms with Crippen LogP contribution in [0.2, 0.25) is 5.02 Å². The summed E-state index contributed by atoms with van der Waals surface area (Å²) >= 11 is 8.64. The molecule has 1 heterocycles. The Bertz CT molecular complexity index is 927. The molecular weight excluding hydrogens is 471 g/mol. The minimum atomic E-state index is 0.450. The van der Waals surface area contributed by atoms with E-state index in [1.54, 1.807) is 0 Å². The maximum atomic E-state index is 6.39. The van der Waals surface area contributed by atoms with Crippen molar-refractivity contribution in [2.45, 2.75) is 31.7 Å². The molecule has 1 saturated carbocycles. The Morgan fingerprint density at radius 3 is 2.48 bits per heavy atom. The smallest absolute Gasteiger partial charge is 0.225 e. The van der Waals surface area contributed by atoms with Crippen molar-refractivity contribution in [1.82, 2.24) is 9.97 Å². The van der Waals surface area contributed by atoms with Crippen LogP contribution in [0, 0.1) is 3.57 Å². The minimum Gasteiger partial charge on any atom is -0.351 e. The molecule has 0 aliphatic heterocycles. The van der Waals surface area contributed by atoms with E-state index in [4.69, 9.17) is 16.6 Å². The fraction of sp³-hybridized carbons (Fsp3) is 0.238. The molecule has 6 heteroatoms. The highest BCUT2D eigenvalue weighted by atomic mass is 127. The number of hydrogen-bond donors (Lipinski definition) is 2. The predicted molar refractivity (Wildman–Crippen MR) is 121 cm³/mol. The molecule has 0 bridgehead atoms. The second-order valence-electron chi connectivity index (χ2n) is 6.70. The standard InChI is InChI=1S/C21H20ClIN4/c22-17-12-15(23)10-11-18(17)25-20-13-19(14-6-2-1-3-7-14)26-21(27-20)24-16-8-4-5-9-16/h1-3,6-7,10-13,16H,4-5,8-9H2,(H2,24,25,26,27). The van der Waals surface area contributed by atoms with Gasteiger partial charge in [-0.1, -0.05) is 54.8 Å². The molecule has 4 rings (SSSR count). The molecule has 0 radical (unpaired) electrons. The van der Waals surface area contributed by atoms with Gasteiger partial charge in [0.05, 0.1) is 16.4 Å². The molecule has 1 fully saturated rings. The molecule has 0 spiro atoms. The van der Waals surface area contributed by atoms with E-state index in [-0.39, 0.29) is 0 Å². The summed E-state index contributed by atoms with van der Waals surface area (Å²) in [5, 5.41) is 7.53. The fourth-order valence-corrected chi connectivity index (χ4v) is 4.22. The summed E-state index contributed by atoms with van der Waals surface area (Å²) in [6.45, 7) is 0. The van der Waals surface area contributed by atoms with Gasteiger partial charge in [-0.25, -0.2) is 4.98 Å². The SMILES string of the molecule is Clc1cc(I)ccc1Nc1cc(-c2ccccc2)nc(NC2CCCC2)n1. The Kier molecular flexibility index (Phi) is 5.78. The van der Waals surface area contributed by atoms with Crippen LogP contribution in [0.15, 0.2) is 54.6 Å². The summed E-state index contributed by atoms with van der Waals surface area (Å²) in [6, 6.07) is 18.5. The lowest BCUT2D eigenvalue weighted by Gasteiger charge is -2.15. The molecule has 0 atom stereocenters. The van der Waals surface area contributed by atoms with E-state index in [0.29, 0.717) is 17.0 Å². The maximum Gasteiger partial charge on any atom is 0.225 e. The van der Waals surface area contributed by atoms with Crippen molar-refractivity contribution >= 4 is 51.6 Å². The van der Waals surface area contributed by atoms with Gasteiger partial charge in [0, 0.05) is 21.2 Å². The Morgan fingerprint density at radius 1 is 0.963 bits per heavy atom. The maximum absolute atomic E-state index is 6.39. The van der Waals surface area contributed by atoms with Crippen molar-refractivity contribution < 1.29 is 0 Å². The summed E-state index contributed by atoms with van der Waals surface area (Å²) in [5.74, 6) is 1.39. The van der Waals surface area contributed by atoms with Gasteiger partial charge in [0.1, 0.15) is 5.82 Å². The van der Waals surface area contributed by atoms with Crippen LogP contribution in [0.4, 0.5) is 17.5 Å². The third-order valence-corrected chi connectivity index (χ3v) is 5.66. The number of rotatable bonds is 5. The van der Waals surface area contributed by atoms with Gasteiger partial charge < -0.3 is 10.6 Å². The molecule has 1 aliphatic rings. The Balaban J connectivity index is 1.68. The lowest BCUT2D eigenvalue weighted by Crippen LogP contribution is -2.17. The average Bonchev–Trinajstić information content (AvgIpc) is 3.18. The van der Waals surface area contributed by atoms with Crippen LogP contribution in [0.1, 0.15) is 25.7 Å². The number of halogens is 2. The summed E-state index contributed by atoms with van der Waals surface area (Å²) < 4.78 is 1.10. The largest absolute Gasteiger partial charge is 0.351 e. The first kappa shape index (κ1) is 18.5. The third-order valence-electron chi connectivity index (χ3n) is 4.68. The van der Waals surface area contributed by atoms with E-state index < -0.39 is 0 Å². The van der Waals surface area contributed by atoms with E-state index in [2.05, 4.69) is 50.3 Å². The molecule has 3 aromatic rings. The monoisotopic (exact) mass is 490 g/mol. The number of hydrogen-bond acceptors (Lipinski definition) is 4. The van der Waals surface area contributed by atoms with Gasteiger partial charge >= 0.3 is 0 Å². The van der Waals surface area contributed by atoms with E-state index >= 15 is 0 Å². The van der Waals surface area contributed by atoms with Crippen LogP contribution in [0.3, 0.4) is 0 Å². The Morgan fingerprint density at radius 2 is 1.74 bits per heavy atom. The molecule has 138 valence electrons.